The van der Waals surface area contributed by atoms with Gasteiger partial charge < -0.3 is 9.64 Å². The first-order chi connectivity index (χ1) is 9.70. The van der Waals surface area contributed by atoms with Crippen LogP contribution in [0.4, 0.5) is 0 Å². The zero-order valence-electron chi connectivity index (χ0n) is 11.7. The first-order valence-corrected chi connectivity index (χ1v) is 6.55. The van der Waals surface area contributed by atoms with Crippen LogP contribution in [0.15, 0.2) is 30.3 Å². The van der Waals surface area contributed by atoms with Crippen LogP contribution >= 0.6 is 0 Å². The Bertz CT molecular complexity index is 553. The van der Waals surface area contributed by atoms with E-state index in [1.54, 1.807) is 11.9 Å². The number of nitrogens with zero attached hydrogens (tertiary/aromatic N) is 3. The Kier molecular flexibility index (Phi) is 4.70. The molecular formula is C14H18N4O2. The monoisotopic (exact) mass is 274 g/mol. The molecule has 20 heavy (non-hydrogen) atoms. The maximum atomic E-state index is 12.0. The molecule has 1 aromatic carbocycles. The number of hydrogen-bond acceptors (Lipinski definition) is 4. The molecule has 2 aromatic rings. The normalized spacial score (nSPS) is 10.3. The average molecular weight is 274 g/mol. The maximum absolute atomic E-state index is 12.0. The molecule has 1 aromatic heterocycles. The number of H-pyrrole nitrogens is 1. The summed E-state index contributed by atoms with van der Waals surface area (Å²) in [7, 11) is 1.71. The number of carbonyl (C=O) groups excluding carboxylic acids is 1. The van der Waals surface area contributed by atoms with E-state index in [4.69, 9.17) is 4.74 Å². The van der Waals surface area contributed by atoms with Crippen molar-refractivity contribution in [1.29, 1.82) is 0 Å². The molecular weight excluding hydrogens is 256 g/mol. The Morgan fingerprint density at radius 1 is 1.35 bits per heavy atom. The highest BCUT2D eigenvalue weighted by Gasteiger charge is 2.16. The highest BCUT2D eigenvalue weighted by atomic mass is 16.5. The summed E-state index contributed by atoms with van der Waals surface area (Å²) in [5, 5.41) is 6.64. The summed E-state index contributed by atoms with van der Waals surface area (Å²) < 4.78 is 5.55. The largest absolute Gasteiger partial charge is 0.492 e. The summed E-state index contributed by atoms with van der Waals surface area (Å²) >= 11 is 0. The molecule has 0 bridgehead atoms. The van der Waals surface area contributed by atoms with Crippen molar-refractivity contribution < 1.29 is 9.53 Å². The quantitative estimate of drug-likeness (QED) is 0.867. The minimum absolute atomic E-state index is 0.198. The van der Waals surface area contributed by atoms with E-state index < -0.39 is 0 Å². The van der Waals surface area contributed by atoms with Crippen molar-refractivity contribution in [3.63, 3.8) is 0 Å². The fourth-order valence-corrected chi connectivity index (χ4v) is 1.64. The van der Waals surface area contributed by atoms with Gasteiger partial charge in [-0.15, -0.1) is 5.10 Å². The zero-order valence-corrected chi connectivity index (χ0v) is 11.7. The van der Waals surface area contributed by atoms with E-state index in [1.165, 1.54) is 0 Å². The first-order valence-electron chi connectivity index (χ1n) is 6.55. The molecule has 0 atom stereocenters. The number of aromatic amines is 1. The summed E-state index contributed by atoms with van der Waals surface area (Å²) in [5.74, 6) is 1.49. The van der Waals surface area contributed by atoms with Crippen LogP contribution in [0.3, 0.4) is 0 Å². The molecule has 0 aliphatic carbocycles. The van der Waals surface area contributed by atoms with Gasteiger partial charge >= 0.3 is 0 Å². The highest BCUT2D eigenvalue weighted by molar-refractivity contribution is 5.90. The number of benzene rings is 1. The number of likely N-dealkylation sites (N-methyl/N-ethyl adjacent to an activating group) is 1. The van der Waals surface area contributed by atoms with Gasteiger partial charge in [0.25, 0.3) is 5.91 Å². The van der Waals surface area contributed by atoms with E-state index in [2.05, 4.69) is 15.2 Å². The van der Waals surface area contributed by atoms with Gasteiger partial charge in [0.2, 0.25) is 5.82 Å². The lowest BCUT2D eigenvalue weighted by atomic mass is 10.3. The van der Waals surface area contributed by atoms with Crippen molar-refractivity contribution in [3.8, 4) is 5.75 Å². The van der Waals surface area contributed by atoms with E-state index in [9.17, 15) is 4.79 Å². The molecule has 6 nitrogen and oxygen atoms in total. The number of amides is 1. The summed E-state index contributed by atoms with van der Waals surface area (Å²) in [6, 6.07) is 9.50. The number of rotatable bonds is 6. The van der Waals surface area contributed by atoms with Crippen molar-refractivity contribution in [2.24, 2.45) is 0 Å². The molecule has 1 heterocycles. The smallest absolute Gasteiger partial charge is 0.293 e. The molecule has 106 valence electrons. The third kappa shape index (κ3) is 3.57. The molecule has 6 heteroatoms. The zero-order chi connectivity index (χ0) is 14.4. The Labute approximate surface area is 117 Å². The number of carbonyl (C=O) groups is 1. The molecule has 0 radical (unpaired) electrons. The van der Waals surface area contributed by atoms with Crippen molar-refractivity contribution in [1.82, 2.24) is 20.1 Å². The lowest BCUT2D eigenvalue weighted by Gasteiger charge is -2.15. The Morgan fingerprint density at radius 2 is 2.10 bits per heavy atom. The molecule has 0 aliphatic rings. The minimum atomic E-state index is -0.211. The third-order valence-corrected chi connectivity index (χ3v) is 2.84. The van der Waals surface area contributed by atoms with E-state index in [0.717, 1.165) is 12.2 Å². The van der Waals surface area contributed by atoms with Crippen LogP contribution in [0.25, 0.3) is 0 Å². The van der Waals surface area contributed by atoms with Crippen LogP contribution < -0.4 is 4.74 Å². The van der Waals surface area contributed by atoms with Gasteiger partial charge in [-0.25, -0.2) is 4.98 Å². The number of aromatic nitrogens is 3. The summed E-state index contributed by atoms with van der Waals surface area (Å²) in [5.41, 5.74) is 0. The maximum Gasteiger partial charge on any atom is 0.293 e. The predicted octanol–water partition coefficient (Wildman–Crippen LogP) is 1.52. The van der Waals surface area contributed by atoms with Gasteiger partial charge in [-0.05, 0) is 12.1 Å². The standard InChI is InChI=1S/C14H18N4O2/c1-3-12-15-13(17-16-12)14(19)18(2)9-10-20-11-7-5-4-6-8-11/h4-8H,3,9-10H2,1-2H3,(H,15,16,17). The van der Waals surface area contributed by atoms with E-state index in [1.807, 2.05) is 37.3 Å². The fourth-order valence-electron chi connectivity index (χ4n) is 1.64. The number of hydrogen-bond donors (Lipinski definition) is 1. The SMILES string of the molecule is CCc1nc(C(=O)N(C)CCOc2ccccc2)n[nH]1. The van der Waals surface area contributed by atoms with Gasteiger partial charge in [0, 0.05) is 13.5 Å². The van der Waals surface area contributed by atoms with Gasteiger partial charge in [0.1, 0.15) is 18.2 Å². The lowest BCUT2D eigenvalue weighted by molar-refractivity contribution is 0.0762. The Balaban J connectivity index is 1.82. The topological polar surface area (TPSA) is 71.1 Å². The second kappa shape index (κ2) is 6.70. The van der Waals surface area contributed by atoms with Gasteiger partial charge in [-0.1, -0.05) is 25.1 Å². The third-order valence-electron chi connectivity index (χ3n) is 2.84. The minimum Gasteiger partial charge on any atom is -0.492 e. The number of nitrogens with one attached hydrogen (secondary N) is 1. The highest BCUT2D eigenvalue weighted by Crippen LogP contribution is 2.08. The molecule has 0 saturated carbocycles. The Hall–Kier alpha value is -2.37. The summed E-state index contributed by atoms with van der Waals surface area (Å²) in [4.78, 5) is 17.7. The van der Waals surface area contributed by atoms with Gasteiger partial charge in [0.15, 0.2) is 0 Å². The first kappa shape index (κ1) is 14.0. The number of para-hydroxylation sites is 1. The second-order valence-electron chi connectivity index (χ2n) is 4.35. The van der Waals surface area contributed by atoms with E-state index in [-0.39, 0.29) is 11.7 Å². The predicted molar refractivity (Wildman–Crippen MR) is 74.7 cm³/mol. The summed E-state index contributed by atoms with van der Waals surface area (Å²) in [6.45, 7) is 2.85. The molecule has 1 amide bonds. The molecule has 0 spiro atoms. The summed E-state index contributed by atoms with van der Waals surface area (Å²) in [6.07, 6.45) is 0.723. The Morgan fingerprint density at radius 3 is 2.75 bits per heavy atom. The van der Waals surface area contributed by atoms with Crippen LogP contribution in [0, 0.1) is 0 Å². The van der Waals surface area contributed by atoms with Gasteiger partial charge in [0.05, 0.1) is 6.54 Å². The number of aryl methyl sites for hydroxylation is 1. The van der Waals surface area contributed by atoms with E-state index in [0.29, 0.717) is 19.0 Å². The van der Waals surface area contributed by atoms with Crippen molar-refractivity contribution in [2.75, 3.05) is 20.2 Å². The van der Waals surface area contributed by atoms with Crippen LogP contribution in [-0.4, -0.2) is 46.2 Å². The molecule has 0 aliphatic heterocycles. The van der Waals surface area contributed by atoms with Gasteiger partial charge in [-0.2, -0.15) is 0 Å². The molecule has 0 saturated heterocycles. The second-order valence-corrected chi connectivity index (χ2v) is 4.35. The molecule has 1 N–H and O–H groups in total. The van der Waals surface area contributed by atoms with Crippen molar-refractivity contribution in [3.05, 3.63) is 42.0 Å². The van der Waals surface area contributed by atoms with Gasteiger partial charge in [-0.3, -0.25) is 9.89 Å². The number of ether oxygens (including phenoxy) is 1. The van der Waals surface area contributed by atoms with Crippen LogP contribution in [0.5, 0.6) is 5.75 Å². The molecule has 0 unspecified atom stereocenters. The lowest BCUT2D eigenvalue weighted by Crippen LogP contribution is -2.31. The van der Waals surface area contributed by atoms with Crippen molar-refractivity contribution >= 4 is 5.91 Å². The van der Waals surface area contributed by atoms with E-state index >= 15 is 0 Å². The van der Waals surface area contributed by atoms with Crippen LogP contribution in [-0.2, 0) is 6.42 Å². The van der Waals surface area contributed by atoms with Crippen LogP contribution in [0.1, 0.15) is 23.4 Å². The fraction of sp³-hybridized carbons (Fsp3) is 0.357. The van der Waals surface area contributed by atoms with Crippen LogP contribution in [0.2, 0.25) is 0 Å². The molecule has 2 rings (SSSR count). The molecule has 0 fully saturated rings. The van der Waals surface area contributed by atoms with Crippen molar-refractivity contribution in [2.45, 2.75) is 13.3 Å². The average Bonchev–Trinajstić information content (AvgIpc) is 2.96.